The van der Waals surface area contributed by atoms with E-state index in [0.717, 1.165) is 5.56 Å². The van der Waals surface area contributed by atoms with Crippen molar-refractivity contribution in [1.29, 1.82) is 0 Å². The third kappa shape index (κ3) is 3.62. The fraction of sp³-hybridized carbons (Fsp3) is 0.367. The van der Waals surface area contributed by atoms with Crippen LogP contribution in [0.25, 0.3) is 0 Å². The van der Waals surface area contributed by atoms with Crippen molar-refractivity contribution in [3.8, 4) is 0 Å². The van der Waals surface area contributed by atoms with E-state index in [1.807, 2.05) is 66.7 Å². The molecule has 4 aliphatic heterocycles. The lowest BCUT2D eigenvalue weighted by Crippen LogP contribution is -2.56. The van der Waals surface area contributed by atoms with Gasteiger partial charge in [0.1, 0.15) is 24.2 Å². The van der Waals surface area contributed by atoms with Gasteiger partial charge in [-0.3, -0.25) is 14.4 Å². The average molecular weight is 515 g/mol. The fourth-order valence-electron chi connectivity index (χ4n) is 6.65. The summed E-state index contributed by atoms with van der Waals surface area (Å²) in [6.45, 7) is 2.14. The summed E-state index contributed by atoms with van der Waals surface area (Å²) in [6, 6.07) is 16.9. The van der Waals surface area contributed by atoms with Gasteiger partial charge in [0, 0.05) is 13.1 Å². The van der Waals surface area contributed by atoms with E-state index in [-0.39, 0.29) is 12.5 Å². The number of hydrogen-bond acceptors (Lipinski definition) is 6. The number of amides is 2. The molecule has 0 aromatic heterocycles. The first kappa shape index (κ1) is 24.6. The largest absolute Gasteiger partial charge is 0.461 e. The molecule has 0 bridgehead atoms. The molecule has 1 spiro atoms. The molecule has 2 amide bonds. The van der Waals surface area contributed by atoms with Gasteiger partial charge in [0.2, 0.25) is 11.8 Å². The molecule has 0 saturated carbocycles. The van der Waals surface area contributed by atoms with Crippen LogP contribution in [0.5, 0.6) is 0 Å². The van der Waals surface area contributed by atoms with E-state index in [9.17, 15) is 19.5 Å². The number of hydrogen-bond donors (Lipinski definition) is 1. The number of fused-ring (bicyclic) bond motifs is 2. The number of ether oxygens (including phenoxy) is 2. The molecule has 1 N–H and O–H groups in total. The van der Waals surface area contributed by atoms with Crippen LogP contribution >= 0.6 is 0 Å². The van der Waals surface area contributed by atoms with Crippen molar-refractivity contribution >= 4 is 17.8 Å². The molecule has 196 valence electrons. The molecular formula is C30H30N2O6. The molecule has 0 aliphatic carbocycles. The third-order valence-corrected chi connectivity index (χ3v) is 8.24. The molecule has 2 fully saturated rings. The summed E-state index contributed by atoms with van der Waals surface area (Å²) in [4.78, 5) is 45.2. The van der Waals surface area contributed by atoms with Crippen molar-refractivity contribution in [2.45, 2.75) is 36.8 Å². The number of esters is 1. The molecule has 4 heterocycles. The number of likely N-dealkylation sites (tertiary alicyclic amines) is 1. The first-order valence-corrected chi connectivity index (χ1v) is 12.9. The summed E-state index contributed by atoms with van der Waals surface area (Å²) in [5.74, 6) is -3.14. The highest BCUT2D eigenvalue weighted by molar-refractivity contribution is 5.99. The van der Waals surface area contributed by atoms with Gasteiger partial charge < -0.3 is 24.4 Å². The van der Waals surface area contributed by atoms with E-state index in [2.05, 4.69) is 0 Å². The number of aliphatic hydroxyl groups is 1. The molecule has 2 saturated heterocycles. The summed E-state index contributed by atoms with van der Waals surface area (Å²) in [6.07, 6.45) is 7.14. The Labute approximate surface area is 221 Å². The molecule has 0 radical (unpaired) electrons. The van der Waals surface area contributed by atoms with Crippen LogP contribution in [0, 0.1) is 11.8 Å². The Hall–Kier alpha value is -3.75. The number of benzene rings is 2. The monoisotopic (exact) mass is 514 g/mol. The highest BCUT2D eigenvalue weighted by Gasteiger charge is 2.75. The highest BCUT2D eigenvalue weighted by atomic mass is 16.6. The molecule has 1 unspecified atom stereocenters. The normalized spacial score (nSPS) is 32.8. The maximum absolute atomic E-state index is 14.4. The minimum absolute atomic E-state index is 0.0955. The Morgan fingerprint density at radius 3 is 2.37 bits per heavy atom. The lowest BCUT2D eigenvalue weighted by molar-refractivity contribution is -0.160. The lowest BCUT2D eigenvalue weighted by Gasteiger charge is -2.40. The molecule has 6 atom stereocenters. The average Bonchev–Trinajstić information content (AvgIpc) is 3.19. The van der Waals surface area contributed by atoms with E-state index in [0.29, 0.717) is 18.7 Å². The van der Waals surface area contributed by atoms with Crippen molar-refractivity contribution in [3.05, 3.63) is 96.1 Å². The quantitative estimate of drug-likeness (QED) is 0.486. The minimum atomic E-state index is -1.40. The van der Waals surface area contributed by atoms with Crippen LogP contribution in [0.4, 0.5) is 0 Å². The van der Waals surface area contributed by atoms with Crippen LogP contribution in [-0.2, 0) is 30.4 Å². The van der Waals surface area contributed by atoms with Gasteiger partial charge in [-0.15, -0.1) is 0 Å². The number of aliphatic hydroxyl groups excluding tert-OH is 1. The zero-order valence-corrected chi connectivity index (χ0v) is 21.1. The van der Waals surface area contributed by atoms with Crippen LogP contribution < -0.4 is 0 Å². The number of carbonyl (C=O) groups excluding carboxylic acids is 3. The summed E-state index contributed by atoms with van der Waals surface area (Å²) in [5.41, 5.74) is -0.878. The number of carbonyl (C=O) groups is 3. The van der Waals surface area contributed by atoms with Crippen LogP contribution in [-0.4, -0.2) is 69.7 Å². The van der Waals surface area contributed by atoms with Crippen molar-refractivity contribution in [1.82, 2.24) is 9.80 Å². The predicted molar refractivity (Wildman–Crippen MR) is 137 cm³/mol. The summed E-state index contributed by atoms with van der Waals surface area (Å²) >= 11 is 0. The van der Waals surface area contributed by atoms with Crippen molar-refractivity contribution < 1.29 is 29.0 Å². The fourth-order valence-corrected chi connectivity index (χ4v) is 6.65. The molecule has 8 nitrogen and oxygen atoms in total. The first-order valence-electron chi connectivity index (χ1n) is 12.9. The zero-order valence-electron chi connectivity index (χ0n) is 21.1. The van der Waals surface area contributed by atoms with E-state index in [1.165, 1.54) is 4.90 Å². The van der Waals surface area contributed by atoms with Crippen LogP contribution in [0.1, 0.15) is 24.1 Å². The van der Waals surface area contributed by atoms with Crippen molar-refractivity contribution in [3.63, 3.8) is 0 Å². The van der Waals surface area contributed by atoms with Gasteiger partial charge in [-0.1, -0.05) is 78.9 Å². The first-order chi connectivity index (χ1) is 18.4. The van der Waals surface area contributed by atoms with Gasteiger partial charge in [-0.25, -0.2) is 0 Å². The molecule has 4 aliphatic rings. The molecule has 6 rings (SSSR count). The maximum atomic E-state index is 14.4. The van der Waals surface area contributed by atoms with E-state index >= 15 is 0 Å². The van der Waals surface area contributed by atoms with Crippen LogP contribution in [0.3, 0.4) is 0 Å². The van der Waals surface area contributed by atoms with Gasteiger partial charge >= 0.3 is 5.97 Å². The molecule has 8 heteroatoms. The van der Waals surface area contributed by atoms with Gasteiger partial charge in [0.15, 0.2) is 0 Å². The van der Waals surface area contributed by atoms with Crippen LogP contribution in [0.2, 0.25) is 0 Å². The standard InChI is InChI=1S/C30H30N2O6/c1-29-14-9-17-37-28(36)24(29)23-26(34)32(22(19-33)21-12-6-3-7-13-21)25-27(35)31(16-8-15-30(23,25)38-29)18-20-10-4-2-5-11-20/h2-15,22-25,33H,16-19H2,1H3/t22-,23+,24+,25?,29-,30+/m1/s1. The maximum Gasteiger partial charge on any atom is 0.313 e. The van der Waals surface area contributed by atoms with E-state index in [4.69, 9.17) is 9.47 Å². The van der Waals surface area contributed by atoms with E-state index in [1.54, 1.807) is 30.1 Å². The Kier molecular flexibility index (Phi) is 5.96. The molecule has 2 aromatic carbocycles. The second-order valence-electron chi connectivity index (χ2n) is 10.5. The molecular weight excluding hydrogens is 484 g/mol. The lowest BCUT2D eigenvalue weighted by atomic mass is 9.75. The Morgan fingerprint density at radius 1 is 0.947 bits per heavy atom. The van der Waals surface area contributed by atoms with Gasteiger partial charge in [-0.2, -0.15) is 0 Å². The summed E-state index contributed by atoms with van der Waals surface area (Å²) < 4.78 is 12.2. The molecule has 38 heavy (non-hydrogen) atoms. The molecule has 2 aromatic rings. The highest BCUT2D eigenvalue weighted by Crippen LogP contribution is 2.58. The summed E-state index contributed by atoms with van der Waals surface area (Å²) in [5, 5.41) is 10.6. The zero-order chi connectivity index (χ0) is 26.5. The second kappa shape index (κ2) is 9.22. The Morgan fingerprint density at radius 2 is 1.66 bits per heavy atom. The third-order valence-electron chi connectivity index (χ3n) is 8.24. The summed E-state index contributed by atoms with van der Waals surface area (Å²) in [7, 11) is 0. The van der Waals surface area contributed by atoms with Gasteiger partial charge in [0.25, 0.3) is 0 Å². The minimum Gasteiger partial charge on any atom is -0.461 e. The number of rotatable bonds is 5. The topological polar surface area (TPSA) is 96.4 Å². The SMILES string of the molecule is C[C@@]12C=CCOC(=O)[C@@H]1[C@H]1C(=O)N([C@H](CO)c3ccccc3)C3C(=O)N(Cc4ccccc4)CC=C[C@@]31O2. The van der Waals surface area contributed by atoms with Crippen molar-refractivity contribution in [2.24, 2.45) is 11.8 Å². The Balaban J connectivity index is 1.50. The smallest absolute Gasteiger partial charge is 0.313 e. The second-order valence-corrected chi connectivity index (χ2v) is 10.5. The Bertz CT molecular complexity index is 1310. The van der Waals surface area contributed by atoms with Gasteiger partial charge in [0.05, 0.1) is 24.2 Å². The van der Waals surface area contributed by atoms with E-state index < -0.39 is 53.6 Å². The predicted octanol–water partition coefficient (Wildman–Crippen LogP) is 2.40. The van der Waals surface area contributed by atoms with Crippen molar-refractivity contribution in [2.75, 3.05) is 19.8 Å². The van der Waals surface area contributed by atoms with Gasteiger partial charge in [-0.05, 0) is 24.1 Å². The van der Waals surface area contributed by atoms with Crippen LogP contribution in [0.15, 0.2) is 85.0 Å². The number of cyclic esters (lactones) is 1. The number of nitrogens with zero attached hydrogens (tertiary/aromatic N) is 2.